The van der Waals surface area contributed by atoms with Gasteiger partial charge in [0, 0.05) is 4.47 Å². The molecule has 16 heavy (non-hydrogen) atoms. The lowest BCUT2D eigenvalue weighted by Crippen LogP contribution is -2.23. The van der Waals surface area contributed by atoms with E-state index in [9.17, 15) is 13.2 Å². The molecule has 0 radical (unpaired) electrons. The van der Waals surface area contributed by atoms with Crippen molar-refractivity contribution in [2.24, 2.45) is 0 Å². The van der Waals surface area contributed by atoms with E-state index in [0.717, 1.165) is 12.1 Å². The minimum atomic E-state index is -4.88. The van der Waals surface area contributed by atoms with E-state index in [1.54, 1.807) is 0 Å². The van der Waals surface area contributed by atoms with E-state index in [1.165, 1.54) is 6.07 Å². The topological polar surface area (TPSA) is 58.9 Å². The molecule has 0 spiro atoms. The van der Waals surface area contributed by atoms with Crippen LogP contribution in [0.4, 0.5) is 13.2 Å². The van der Waals surface area contributed by atoms with Gasteiger partial charge in [-0.15, -0.1) is 13.2 Å². The number of benzene rings is 1. The largest absolute Gasteiger partial charge is 0.707 e. The third-order valence-electron chi connectivity index (χ3n) is 1.36. The second-order valence-corrected chi connectivity index (χ2v) is 3.50. The molecule has 1 aromatic rings. The summed E-state index contributed by atoms with van der Waals surface area (Å²) in [5.41, 5.74) is 0. The quantitative estimate of drug-likeness (QED) is 0.834. The van der Waals surface area contributed by atoms with E-state index in [2.05, 4.69) is 25.3 Å². The summed E-state index contributed by atoms with van der Waals surface area (Å²) in [5.74, 6) is -1.11. The van der Waals surface area contributed by atoms with Crippen LogP contribution in [0.25, 0.3) is 0 Å². The zero-order valence-corrected chi connectivity index (χ0v) is 9.12. The Morgan fingerprint density at radius 2 is 1.81 bits per heavy atom. The van der Waals surface area contributed by atoms with Gasteiger partial charge in [-0.05, 0) is 18.2 Å². The zero-order chi connectivity index (χ0) is 12.3. The Balaban J connectivity index is 2.98. The van der Waals surface area contributed by atoms with Crippen molar-refractivity contribution in [3.63, 3.8) is 0 Å². The number of ether oxygens (including phenoxy) is 1. The summed E-state index contributed by atoms with van der Waals surface area (Å²) in [6.45, 7) is 0. The van der Waals surface area contributed by atoms with Crippen LogP contribution in [0.5, 0.6) is 11.5 Å². The molecule has 0 aliphatic heterocycles. The molecule has 1 rings (SSSR count). The van der Waals surface area contributed by atoms with Gasteiger partial charge in [0.1, 0.15) is 5.75 Å². The van der Waals surface area contributed by atoms with Gasteiger partial charge in [0.25, 0.3) is 0 Å². The smallest absolute Gasteiger partial charge is 0.509 e. The average molecular weight is 301 g/mol. The van der Waals surface area contributed by atoms with Gasteiger partial charge in [0.2, 0.25) is 0 Å². The summed E-state index contributed by atoms with van der Waals surface area (Å²) < 4.78 is 44.2. The Kier molecular flexibility index (Phi) is 4.06. The zero-order valence-electron chi connectivity index (χ0n) is 7.53. The van der Waals surface area contributed by atoms with E-state index in [4.69, 9.17) is 10.0 Å². The van der Waals surface area contributed by atoms with Gasteiger partial charge in [-0.3, -0.25) is 0 Å². The fourth-order valence-electron chi connectivity index (χ4n) is 0.897. The van der Waals surface area contributed by atoms with Crippen molar-refractivity contribution >= 4 is 23.3 Å². The van der Waals surface area contributed by atoms with Crippen molar-refractivity contribution < 1.29 is 32.6 Å². The van der Waals surface area contributed by atoms with Gasteiger partial charge in [-0.25, -0.2) is 0 Å². The highest BCUT2D eigenvalue weighted by molar-refractivity contribution is 9.10. The summed E-state index contributed by atoms with van der Waals surface area (Å²) in [7, 11) is -2.23. The molecule has 88 valence electrons. The van der Waals surface area contributed by atoms with Gasteiger partial charge >= 0.3 is 13.7 Å². The molecule has 0 aliphatic rings. The second kappa shape index (κ2) is 4.94. The lowest BCUT2D eigenvalue weighted by Gasteiger charge is -2.14. The van der Waals surface area contributed by atoms with Crippen molar-refractivity contribution in [2.75, 3.05) is 0 Å². The van der Waals surface area contributed by atoms with E-state index < -0.39 is 25.2 Å². The van der Waals surface area contributed by atoms with Crippen LogP contribution in [0.15, 0.2) is 22.7 Å². The van der Waals surface area contributed by atoms with E-state index >= 15 is 0 Å². The molecule has 0 bridgehead atoms. The number of alkyl halides is 3. The predicted molar refractivity (Wildman–Crippen MR) is 51.6 cm³/mol. The van der Waals surface area contributed by atoms with Crippen LogP contribution >= 0.6 is 15.9 Å². The summed E-state index contributed by atoms with van der Waals surface area (Å²) in [4.78, 5) is 0. The highest BCUT2D eigenvalue weighted by atomic mass is 79.9. The minimum absolute atomic E-state index is 0.401. The molecule has 0 aromatic heterocycles. The maximum absolute atomic E-state index is 11.9. The maximum Gasteiger partial charge on any atom is 0.707 e. The van der Waals surface area contributed by atoms with Gasteiger partial charge in [0.05, 0.1) is 0 Å². The maximum atomic E-state index is 11.9. The number of hydrogen-bond donors (Lipinski definition) is 2. The molecular weight excluding hydrogens is 296 g/mol. The Hall–Kier alpha value is -0.925. The van der Waals surface area contributed by atoms with Crippen molar-refractivity contribution in [3.05, 3.63) is 22.7 Å². The third-order valence-corrected chi connectivity index (χ3v) is 1.86. The first kappa shape index (κ1) is 13.1. The molecule has 0 saturated carbocycles. The number of rotatable bonds is 3. The second-order valence-electron chi connectivity index (χ2n) is 2.58. The number of halogens is 4. The molecule has 0 atom stereocenters. The molecule has 9 heteroatoms. The fraction of sp³-hybridized carbons (Fsp3) is 0.143. The first-order valence-electron chi connectivity index (χ1n) is 3.86. The van der Waals surface area contributed by atoms with Crippen LogP contribution in [0, 0.1) is 0 Å². The van der Waals surface area contributed by atoms with Crippen LogP contribution in [-0.4, -0.2) is 23.7 Å². The average Bonchev–Trinajstić information content (AvgIpc) is 2.06. The molecule has 2 N–H and O–H groups in total. The van der Waals surface area contributed by atoms with Crippen LogP contribution in [-0.2, 0) is 0 Å². The highest BCUT2D eigenvalue weighted by Crippen LogP contribution is 2.34. The molecule has 0 unspecified atom stereocenters. The van der Waals surface area contributed by atoms with Crippen molar-refractivity contribution in [1.82, 2.24) is 0 Å². The lowest BCUT2D eigenvalue weighted by atomic mass is 10.2. The molecule has 4 nitrogen and oxygen atoms in total. The monoisotopic (exact) mass is 300 g/mol. The first-order chi connectivity index (χ1) is 7.28. The summed E-state index contributed by atoms with van der Waals surface area (Å²) in [6, 6.07) is 3.38. The summed E-state index contributed by atoms with van der Waals surface area (Å²) in [5, 5.41) is 17.0. The Morgan fingerprint density at radius 3 is 2.31 bits per heavy atom. The standard InChI is InChI=1S/C7H5BBrF3O4/c9-4-1-2-5(15-7(10,11)12)6(3-4)16-8(13)14/h1-3,13-14H. The summed E-state index contributed by atoms with van der Waals surface area (Å²) >= 11 is 2.99. The summed E-state index contributed by atoms with van der Waals surface area (Å²) in [6.07, 6.45) is -4.88. The van der Waals surface area contributed by atoms with Gasteiger partial charge in [-0.2, -0.15) is 0 Å². The third kappa shape index (κ3) is 4.29. The normalized spacial score (nSPS) is 11.1. The van der Waals surface area contributed by atoms with Gasteiger partial charge in [-0.1, -0.05) is 15.9 Å². The Labute approximate surface area is 96.9 Å². The fourth-order valence-corrected chi connectivity index (χ4v) is 1.24. The molecule has 0 fully saturated rings. The molecule has 0 heterocycles. The predicted octanol–water partition coefficient (Wildman–Crippen LogP) is 1.70. The van der Waals surface area contributed by atoms with Crippen LogP contribution in [0.3, 0.4) is 0 Å². The SMILES string of the molecule is OB(O)Oc1cc(Br)ccc1OC(F)(F)F. The van der Waals surface area contributed by atoms with Crippen molar-refractivity contribution in [2.45, 2.75) is 6.36 Å². The molecule has 0 saturated heterocycles. The Bertz CT molecular complexity index is 371. The van der Waals surface area contributed by atoms with Crippen LogP contribution < -0.4 is 9.39 Å². The van der Waals surface area contributed by atoms with Crippen molar-refractivity contribution in [3.8, 4) is 11.5 Å². The molecule has 1 aromatic carbocycles. The van der Waals surface area contributed by atoms with E-state index in [0.29, 0.717) is 4.47 Å². The molecular formula is C7H5BBrF3O4. The first-order valence-corrected chi connectivity index (χ1v) is 4.65. The van der Waals surface area contributed by atoms with Crippen LogP contribution in [0.1, 0.15) is 0 Å². The molecule has 0 aliphatic carbocycles. The Morgan fingerprint density at radius 1 is 1.19 bits per heavy atom. The number of hydrogen-bond acceptors (Lipinski definition) is 4. The molecule has 0 amide bonds. The van der Waals surface area contributed by atoms with E-state index in [1.807, 2.05) is 0 Å². The minimum Gasteiger partial charge on any atom is -0.509 e. The van der Waals surface area contributed by atoms with Gasteiger partial charge < -0.3 is 19.4 Å². The highest BCUT2D eigenvalue weighted by Gasteiger charge is 2.33. The lowest BCUT2D eigenvalue weighted by molar-refractivity contribution is -0.275. The van der Waals surface area contributed by atoms with Crippen molar-refractivity contribution in [1.29, 1.82) is 0 Å². The van der Waals surface area contributed by atoms with E-state index in [-0.39, 0.29) is 0 Å². The van der Waals surface area contributed by atoms with Gasteiger partial charge in [0.15, 0.2) is 5.75 Å². The van der Waals surface area contributed by atoms with Crippen LogP contribution in [0.2, 0.25) is 0 Å².